The van der Waals surface area contributed by atoms with Gasteiger partial charge in [0.1, 0.15) is 33.8 Å². The molecule has 23 nitrogen and oxygen atoms in total. The molecule has 8 rings (SSSR count). The highest BCUT2D eigenvalue weighted by Crippen LogP contribution is 2.34. The van der Waals surface area contributed by atoms with Gasteiger partial charge in [0, 0.05) is 63.9 Å². The Bertz CT molecular complexity index is 3060. The lowest BCUT2D eigenvalue weighted by atomic mass is 9.91. The molecular weight excluding hydrogens is 953 g/mol. The number of benzene rings is 2. The van der Waals surface area contributed by atoms with Crippen LogP contribution in [0.25, 0.3) is 22.1 Å². The van der Waals surface area contributed by atoms with Crippen LogP contribution in [-0.2, 0) is 35.6 Å². The van der Waals surface area contributed by atoms with Crippen molar-refractivity contribution in [3.8, 4) is 11.5 Å². The number of anilines is 2. The van der Waals surface area contributed by atoms with Crippen molar-refractivity contribution in [2.75, 3.05) is 77.3 Å². The van der Waals surface area contributed by atoms with E-state index in [0.29, 0.717) is 115 Å². The van der Waals surface area contributed by atoms with Gasteiger partial charge < -0.3 is 49.4 Å². The second-order valence-electron chi connectivity index (χ2n) is 19.0. The fourth-order valence-corrected chi connectivity index (χ4v) is 9.01. The van der Waals surface area contributed by atoms with E-state index in [1.807, 2.05) is 30.9 Å². The molecule has 23 heteroatoms. The van der Waals surface area contributed by atoms with Crippen LogP contribution in [0.1, 0.15) is 100 Å². The highest BCUT2D eigenvalue weighted by atomic mass is 16.5. The van der Waals surface area contributed by atoms with E-state index in [0.717, 1.165) is 5.92 Å². The molecule has 0 saturated carbocycles. The number of rotatable bonds is 20. The number of morpholine rings is 1. The standard InChI is InChI=1S/C47H58N14O9.C4H10/c1-7-31-40(70-28(4)51-31)44(66)55-46-53-33-20-30(42(49)64)22-36(68-16-11-12-57-24-47(25-57)26-58(15-17-69-47)37(62)23-50-5)39(33)60(46)14-10-9-13-59-38-32(19-29(41(48)63)21-35(38)67-6)52-45(59)54-43(65)34-18-27(3)56-61(34)8-2;1-4(2)3/h9-10,18-22,50H,7-8,11-17,23-26H2,1-6H3,(H2,48,63)(H2,49,64)(H,52,54,65)(H,53,55,66);4H,1-3H3/b10-9+;. The van der Waals surface area contributed by atoms with Crippen LogP contribution in [0, 0.1) is 19.8 Å². The number of hydrogen-bond donors (Lipinski definition) is 5. The first-order valence-corrected chi connectivity index (χ1v) is 24.8. The number of likely N-dealkylation sites (N-methyl/N-ethyl adjacent to an activating group) is 1. The Hall–Kier alpha value is -7.63. The van der Waals surface area contributed by atoms with Gasteiger partial charge in [0.25, 0.3) is 11.8 Å². The second kappa shape index (κ2) is 23.5. The Morgan fingerprint density at radius 2 is 1.43 bits per heavy atom. The van der Waals surface area contributed by atoms with Crippen LogP contribution in [0.5, 0.6) is 11.5 Å². The highest BCUT2D eigenvalue weighted by Gasteiger charge is 2.47. The third kappa shape index (κ3) is 12.2. The molecule has 4 aromatic heterocycles. The summed E-state index contributed by atoms with van der Waals surface area (Å²) in [5, 5.41) is 13.1. The van der Waals surface area contributed by atoms with Crippen molar-refractivity contribution in [2.45, 2.75) is 86.5 Å². The SMILES string of the molecule is CC(C)C.CCc1nc(C)oc1C(=O)Nc1nc2cc(C(N)=O)cc(OCCCN3CC4(C3)CN(C(=O)CNC)CCO4)c2n1C/C=C/Cn1c(NC(=O)c2cc(C)nn2CC)nc2cc(C(N)=O)cc(OC)c21. The maximum atomic E-state index is 13.9. The van der Waals surface area contributed by atoms with Crippen LogP contribution in [0.4, 0.5) is 11.9 Å². The summed E-state index contributed by atoms with van der Waals surface area (Å²) in [7, 11) is 3.21. The van der Waals surface area contributed by atoms with Gasteiger partial charge in [0.2, 0.25) is 35.4 Å². The summed E-state index contributed by atoms with van der Waals surface area (Å²) in [6, 6.07) is 7.81. The van der Waals surface area contributed by atoms with Crippen LogP contribution in [0.2, 0.25) is 0 Å². The third-order valence-electron chi connectivity index (χ3n) is 12.2. The summed E-state index contributed by atoms with van der Waals surface area (Å²) in [5.74, 6) is -0.246. The number of carbonyl (C=O) groups excluding carboxylic acids is 5. The van der Waals surface area contributed by atoms with Gasteiger partial charge >= 0.3 is 0 Å². The molecule has 2 saturated heterocycles. The van der Waals surface area contributed by atoms with Gasteiger partial charge in [-0.25, -0.2) is 15.0 Å². The molecule has 1 spiro atoms. The largest absolute Gasteiger partial charge is 0.494 e. The van der Waals surface area contributed by atoms with E-state index in [-0.39, 0.29) is 60.9 Å². The summed E-state index contributed by atoms with van der Waals surface area (Å²) < 4.78 is 29.1. The van der Waals surface area contributed by atoms with Crippen LogP contribution in [0.3, 0.4) is 0 Å². The number of imidazole rings is 2. The molecular formula is C51H68N14O9. The predicted molar refractivity (Wildman–Crippen MR) is 278 cm³/mol. The summed E-state index contributed by atoms with van der Waals surface area (Å²) in [5.41, 5.74) is 14.5. The average molecular weight is 1020 g/mol. The van der Waals surface area contributed by atoms with E-state index in [4.69, 9.17) is 40.1 Å². The Morgan fingerprint density at radius 1 is 0.838 bits per heavy atom. The number of hydrogen-bond acceptors (Lipinski definition) is 15. The van der Waals surface area contributed by atoms with Crippen molar-refractivity contribution >= 4 is 63.5 Å². The normalized spacial score (nSPS) is 14.4. The highest BCUT2D eigenvalue weighted by molar-refractivity contribution is 6.05. The van der Waals surface area contributed by atoms with Gasteiger partial charge in [0.05, 0.1) is 55.8 Å². The Balaban J connectivity index is 0.00000193. The molecule has 0 aliphatic carbocycles. The predicted octanol–water partition coefficient (Wildman–Crippen LogP) is 4.30. The minimum absolute atomic E-state index is 0.0410. The third-order valence-corrected chi connectivity index (χ3v) is 12.2. The smallest absolute Gasteiger partial charge is 0.295 e. The number of allylic oxidation sites excluding steroid dienone is 2. The first kappa shape index (κ1) is 54.2. The zero-order chi connectivity index (χ0) is 53.4. The molecule has 5 amide bonds. The van der Waals surface area contributed by atoms with E-state index < -0.39 is 29.2 Å². The van der Waals surface area contributed by atoms with Crippen molar-refractivity contribution in [1.82, 2.24) is 49.0 Å². The number of oxazole rings is 1. The van der Waals surface area contributed by atoms with E-state index in [9.17, 15) is 24.0 Å². The lowest BCUT2D eigenvalue weighted by Gasteiger charge is -2.54. The zero-order valence-electron chi connectivity index (χ0n) is 43.7. The Labute approximate surface area is 428 Å². The molecule has 2 aliphatic rings. The number of amides is 5. The quantitative estimate of drug-likeness (QED) is 0.0526. The minimum atomic E-state index is -0.694. The van der Waals surface area contributed by atoms with Crippen LogP contribution >= 0.6 is 0 Å². The molecule has 6 heterocycles. The summed E-state index contributed by atoms with van der Waals surface area (Å²) in [6.45, 7) is 18.6. The molecule has 2 aliphatic heterocycles. The molecule has 6 aromatic rings. The van der Waals surface area contributed by atoms with E-state index >= 15 is 0 Å². The van der Waals surface area contributed by atoms with Crippen molar-refractivity contribution < 1.29 is 42.6 Å². The zero-order valence-corrected chi connectivity index (χ0v) is 43.7. The van der Waals surface area contributed by atoms with Crippen LogP contribution in [-0.4, -0.2) is 145 Å². The van der Waals surface area contributed by atoms with Gasteiger partial charge in [-0.3, -0.25) is 44.2 Å². The lowest BCUT2D eigenvalue weighted by molar-refractivity contribution is -0.188. The molecule has 0 unspecified atom stereocenters. The molecule has 2 fully saturated rings. The van der Waals surface area contributed by atoms with Crippen molar-refractivity contribution in [2.24, 2.45) is 17.4 Å². The number of nitrogens with one attached hydrogen (secondary N) is 3. The fraction of sp³-hybridized carbons (Fsp3) is 0.471. The molecule has 0 radical (unpaired) electrons. The monoisotopic (exact) mass is 1020 g/mol. The molecule has 0 bridgehead atoms. The maximum Gasteiger partial charge on any atom is 0.295 e. The number of methoxy groups -OCH3 is 1. The van der Waals surface area contributed by atoms with Crippen molar-refractivity contribution in [3.05, 3.63) is 82.3 Å². The Kier molecular flexibility index (Phi) is 17.2. The second-order valence-corrected chi connectivity index (χ2v) is 19.0. The fourth-order valence-electron chi connectivity index (χ4n) is 9.01. The molecule has 7 N–H and O–H groups in total. The lowest BCUT2D eigenvalue weighted by Crippen LogP contribution is -2.70. The van der Waals surface area contributed by atoms with E-state index in [1.54, 1.807) is 46.8 Å². The minimum Gasteiger partial charge on any atom is -0.494 e. The number of primary amides is 2. The van der Waals surface area contributed by atoms with Gasteiger partial charge in [-0.15, -0.1) is 0 Å². The summed E-state index contributed by atoms with van der Waals surface area (Å²) in [6.07, 6.45) is 4.72. The van der Waals surface area contributed by atoms with Crippen molar-refractivity contribution in [3.63, 3.8) is 0 Å². The van der Waals surface area contributed by atoms with Crippen LogP contribution < -0.4 is 36.9 Å². The molecule has 2 aromatic carbocycles. The van der Waals surface area contributed by atoms with Gasteiger partial charge in [0.15, 0.2) is 5.89 Å². The molecule has 74 heavy (non-hydrogen) atoms. The number of ether oxygens (including phenoxy) is 3. The Morgan fingerprint density at radius 3 is 2.00 bits per heavy atom. The number of nitrogens with two attached hydrogens (primary N) is 2. The van der Waals surface area contributed by atoms with E-state index in [1.165, 1.54) is 25.3 Å². The number of carbonyl (C=O) groups is 5. The number of aryl methyl sites for hydroxylation is 4. The van der Waals surface area contributed by atoms with Crippen LogP contribution in [0.15, 0.2) is 46.9 Å². The van der Waals surface area contributed by atoms with Gasteiger partial charge in [-0.1, -0.05) is 39.8 Å². The first-order chi connectivity index (χ1) is 35.4. The summed E-state index contributed by atoms with van der Waals surface area (Å²) in [4.78, 5) is 83.1. The molecule has 396 valence electrons. The van der Waals surface area contributed by atoms with E-state index in [2.05, 4.69) is 51.7 Å². The summed E-state index contributed by atoms with van der Waals surface area (Å²) >= 11 is 0. The topological polar surface area (TPSA) is 287 Å². The molecule has 0 atom stereocenters. The number of likely N-dealkylation sites (tertiary alicyclic amines) is 1. The van der Waals surface area contributed by atoms with Gasteiger partial charge in [-0.2, -0.15) is 5.10 Å². The number of aromatic nitrogens is 7. The first-order valence-electron chi connectivity index (χ1n) is 24.8. The maximum absolute atomic E-state index is 13.9. The van der Waals surface area contributed by atoms with Crippen molar-refractivity contribution in [1.29, 1.82) is 0 Å². The number of nitrogens with zero attached hydrogens (tertiary/aromatic N) is 9. The van der Waals surface area contributed by atoms with Gasteiger partial charge in [-0.05, 0) is 70.0 Å². The number of fused-ring (bicyclic) bond motifs is 2. The average Bonchev–Trinajstić information content (AvgIpc) is 4.12.